The zero-order valence-corrected chi connectivity index (χ0v) is 15.2. The molecule has 26 heavy (non-hydrogen) atoms. The number of nitrogens with two attached hydrogens (primary N) is 1. The van der Waals surface area contributed by atoms with Crippen molar-refractivity contribution in [1.29, 1.82) is 0 Å². The number of hydrogen-bond acceptors (Lipinski definition) is 7. The van der Waals surface area contributed by atoms with Crippen LogP contribution in [0.1, 0.15) is 12.0 Å². The number of nitrogens with zero attached hydrogens (tertiary/aromatic N) is 4. The third-order valence-electron chi connectivity index (χ3n) is 4.84. The van der Waals surface area contributed by atoms with E-state index in [9.17, 15) is 5.11 Å². The largest absolute Gasteiger partial charge is 0.481 e. The second-order valence-electron chi connectivity index (χ2n) is 6.51. The van der Waals surface area contributed by atoms with Crippen molar-refractivity contribution in [2.45, 2.75) is 18.9 Å². The van der Waals surface area contributed by atoms with E-state index in [0.717, 1.165) is 44.8 Å². The van der Waals surface area contributed by atoms with Crippen LogP contribution in [0.15, 0.2) is 36.4 Å². The highest BCUT2D eigenvalue weighted by Crippen LogP contribution is 2.23. The van der Waals surface area contributed by atoms with Gasteiger partial charge in [-0.2, -0.15) is 9.97 Å². The maximum Gasteiger partial charge on any atom is 0.225 e. The molecule has 0 bridgehead atoms. The molecular weight excluding hydrogens is 330 g/mol. The summed E-state index contributed by atoms with van der Waals surface area (Å²) >= 11 is 0. The van der Waals surface area contributed by atoms with E-state index < -0.39 is 0 Å². The second-order valence-corrected chi connectivity index (χ2v) is 6.51. The first-order chi connectivity index (χ1) is 12.7. The summed E-state index contributed by atoms with van der Waals surface area (Å²) in [6, 6.07) is 12.6. The molecule has 7 heteroatoms. The summed E-state index contributed by atoms with van der Waals surface area (Å²) in [7, 11) is 1.57. The summed E-state index contributed by atoms with van der Waals surface area (Å²) in [5.41, 5.74) is 7.13. The molecule has 2 aromatic rings. The quantitative estimate of drug-likeness (QED) is 0.769. The van der Waals surface area contributed by atoms with Crippen molar-refractivity contribution in [3.8, 4) is 5.88 Å². The highest BCUT2D eigenvalue weighted by molar-refractivity contribution is 5.46. The summed E-state index contributed by atoms with van der Waals surface area (Å²) in [5, 5.41) is 9.49. The van der Waals surface area contributed by atoms with Gasteiger partial charge >= 0.3 is 0 Å². The van der Waals surface area contributed by atoms with Crippen molar-refractivity contribution in [1.82, 2.24) is 14.9 Å². The molecule has 0 amide bonds. The molecule has 0 unspecified atom stereocenters. The Balaban J connectivity index is 1.66. The normalized spacial score (nSPS) is 18.1. The Kier molecular flexibility index (Phi) is 6.25. The van der Waals surface area contributed by atoms with Gasteiger partial charge in [0.1, 0.15) is 5.82 Å². The van der Waals surface area contributed by atoms with Gasteiger partial charge < -0.3 is 20.5 Å². The molecule has 140 valence electrons. The molecule has 2 heterocycles. The van der Waals surface area contributed by atoms with E-state index in [1.54, 1.807) is 7.11 Å². The van der Waals surface area contributed by atoms with Crippen molar-refractivity contribution >= 4 is 11.8 Å². The molecule has 0 radical (unpaired) electrons. The molecule has 0 saturated carbocycles. The average Bonchev–Trinajstić information content (AvgIpc) is 2.67. The van der Waals surface area contributed by atoms with Crippen molar-refractivity contribution < 1.29 is 9.84 Å². The highest BCUT2D eigenvalue weighted by atomic mass is 16.5. The monoisotopic (exact) mass is 357 g/mol. The van der Waals surface area contributed by atoms with E-state index in [1.807, 2.05) is 12.1 Å². The molecule has 1 saturated heterocycles. The lowest BCUT2D eigenvalue weighted by atomic mass is 10.1. The number of aliphatic hydroxyl groups excluding tert-OH is 1. The number of aromatic nitrogens is 2. The van der Waals surface area contributed by atoms with Crippen molar-refractivity contribution in [2.75, 3.05) is 50.5 Å². The zero-order valence-electron chi connectivity index (χ0n) is 15.2. The standard InChI is InChI=1S/C19H27N5O2/c1-26-18-13-17(21-19(20)22-18)24-11-10-23(16(14-24)8-12-25)9-7-15-5-3-2-4-6-15/h2-6,13,16,25H,7-12,14H2,1H3,(H2,20,21,22)/t16-/m0/s1. The van der Waals surface area contributed by atoms with Crippen molar-refractivity contribution in [2.24, 2.45) is 0 Å². The van der Waals surface area contributed by atoms with Gasteiger partial charge in [0.15, 0.2) is 0 Å². The van der Waals surface area contributed by atoms with Gasteiger partial charge in [0.05, 0.1) is 7.11 Å². The Hall–Kier alpha value is -2.38. The van der Waals surface area contributed by atoms with Crippen LogP contribution in [0.5, 0.6) is 5.88 Å². The number of methoxy groups -OCH3 is 1. The number of piperazine rings is 1. The minimum Gasteiger partial charge on any atom is -0.481 e. The van der Waals surface area contributed by atoms with Gasteiger partial charge in [-0.25, -0.2) is 0 Å². The van der Waals surface area contributed by atoms with Crippen LogP contribution in [0, 0.1) is 0 Å². The minimum absolute atomic E-state index is 0.176. The fourth-order valence-corrected chi connectivity index (χ4v) is 3.43. The van der Waals surface area contributed by atoms with Crippen LogP contribution in [0.3, 0.4) is 0 Å². The van der Waals surface area contributed by atoms with Gasteiger partial charge in [0, 0.05) is 44.9 Å². The molecule has 3 N–H and O–H groups in total. The zero-order chi connectivity index (χ0) is 18.4. The maximum absolute atomic E-state index is 9.49. The topological polar surface area (TPSA) is 87.7 Å². The molecule has 1 aliphatic rings. The number of benzene rings is 1. The van der Waals surface area contributed by atoms with Gasteiger partial charge in [-0.1, -0.05) is 30.3 Å². The Morgan fingerprint density at radius 3 is 2.77 bits per heavy atom. The summed E-state index contributed by atoms with van der Waals surface area (Å²) in [5.74, 6) is 1.46. The van der Waals surface area contributed by atoms with Crippen LogP contribution in [0.2, 0.25) is 0 Å². The highest BCUT2D eigenvalue weighted by Gasteiger charge is 2.27. The van der Waals surface area contributed by atoms with Gasteiger partial charge in [-0.15, -0.1) is 0 Å². The number of ether oxygens (including phenoxy) is 1. The summed E-state index contributed by atoms with van der Waals surface area (Å²) < 4.78 is 5.20. The van der Waals surface area contributed by atoms with Crippen molar-refractivity contribution in [3.63, 3.8) is 0 Å². The van der Waals surface area contributed by atoms with Crippen LogP contribution in [0.4, 0.5) is 11.8 Å². The Morgan fingerprint density at radius 1 is 1.23 bits per heavy atom. The molecule has 1 fully saturated rings. The van der Waals surface area contributed by atoms with E-state index in [2.05, 4.69) is 44.0 Å². The third kappa shape index (κ3) is 4.62. The first-order valence-corrected chi connectivity index (χ1v) is 9.02. The number of hydrogen-bond donors (Lipinski definition) is 2. The van der Waals surface area contributed by atoms with Gasteiger partial charge in [-0.3, -0.25) is 4.90 Å². The number of anilines is 2. The van der Waals surface area contributed by atoms with E-state index in [1.165, 1.54) is 5.56 Å². The van der Waals surface area contributed by atoms with Crippen LogP contribution in [-0.2, 0) is 6.42 Å². The maximum atomic E-state index is 9.49. The molecule has 0 spiro atoms. The first-order valence-electron chi connectivity index (χ1n) is 9.02. The van der Waals surface area contributed by atoms with Crippen LogP contribution in [-0.4, -0.2) is 65.9 Å². The fourth-order valence-electron chi connectivity index (χ4n) is 3.43. The molecule has 1 aliphatic heterocycles. The van der Waals surface area contributed by atoms with E-state index in [0.29, 0.717) is 5.88 Å². The minimum atomic E-state index is 0.176. The lowest BCUT2D eigenvalue weighted by Crippen LogP contribution is -2.54. The lowest BCUT2D eigenvalue weighted by Gasteiger charge is -2.42. The fraction of sp³-hybridized carbons (Fsp3) is 0.474. The van der Waals surface area contributed by atoms with E-state index >= 15 is 0 Å². The van der Waals surface area contributed by atoms with Crippen LogP contribution in [0.25, 0.3) is 0 Å². The molecule has 0 aliphatic carbocycles. The number of rotatable bonds is 7. The Labute approximate surface area is 154 Å². The first kappa shape index (κ1) is 18.4. The summed E-state index contributed by atoms with van der Waals surface area (Å²) in [6.07, 6.45) is 1.75. The molecular formula is C19H27N5O2. The third-order valence-corrected chi connectivity index (χ3v) is 4.84. The predicted molar refractivity (Wildman–Crippen MR) is 102 cm³/mol. The van der Waals surface area contributed by atoms with Gasteiger partial charge in [-0.05, 0) is 18.4 Å². The summed E-state index contributed by atoms with van der Waals surface area (Å²) in [4.78, 5) is 13.1. The van der Waals surface area contributed by atoms with Crippen LogP contribution >= 0.6 is 0 Å². The van der Waals surface area contributed by atoms with E-state index in [4.69, 9.17) is 10.5 Å². The second kappa shape index (κ2) is 8.82. The average molecular weight is 357 g/mol. The SMILES string of the molecule is COc1cc(N2CCN(CCc3ccccc3)[C@@H](CCO)C2)nc(N)n1. The number of aliphatic hydroxyl groups is 1. The van der Waals surface area contributed by atoms with Crippen LogP contribution < -0.4 is 15.4 Å². The molecule has 1 atom stereocenters. The lowest BCUT2D eigenvalue weighted by molar-refractivity contribution is 0.143. The summed E-state index contributed by atoms with van der Waals surface area (Å²) in [6.45, 7) is 3.74. The molecule has 7 nitrogen and oxygen atoms in total. The van der Waals surface area contributed by atoms with Gasteiger partial charge in [0.2, 0.25) is 11.8 Å². The van der Waals surface area contributed by atoms with E-state index in [-0.39, 0.29) is 18.6 Å². The van der Waals surface area contributed by atoms with Gasteiger partial charge in [0.25, 0.3) is 0 Å². The van der Waals surface area contributed by atoms with Crippen molar-refractivity contribution in [3.05, 3.63) is 42.0 Å². The smallest absolute Gasteiger partial charge is 0.225 e. The predicted octanol–water partition coefficient (Wildman–Crippen LogP) is 1.18. The molecule has 3 rings (SSSR count). The number of nitrogen functional groups attached to an aromatic ring is 1. The Morgan fingerprint density at radius 2 is 2.04 bits per heavy atom. The molecule has 1 aromatic carbocycles. The Bertz CT molecular complexity index is 698. The molecule has 1 aromatic heterocycles.